The molecule has 3 aromatic carbocycles. The molecule has 1 aromatic heterocycles. The highest BCUT2D eigenvalue weighted by Crippen LogP contribution is 2.28. The Morgan fingerprint density at radius 2 is 1.65 bits per heavy atom. The van der Waals surface area contributed by atoms with Crippen LogP contribution in [0.4, 0.5) is 20.6 Å². The second-order valence-corrected chi connectivity index (χ2v) is 7.80. The molecule has 1 heterocycles. The Morgan fingerprint density at radius 1 is 0.941 bits per heavy atom. The van der Waals surface area contributed by atoms with E-state index in [0.717, 1.165) is 11.2 Å². The predicted molar refractivity (Wildman–Crippen MR) is 129 cm³/mol. The van der Waals surface area contributed by atoms with Gasteiger partial charge in [-0.15, -0.1) is 0 Å². The zero-order valence-corrected chi connectivity index (χ0v) is 19.0. The highest BCUT2D eigenvalue weighted by molar-refractivity contribution is 5.99. The van der Waals surface area contributed by atoms with Crippen molar-refractivity contribution in [1.29, 1.82) is 0 Å². The Bertz CT molecular complexity index is 1310. The van der Waals surface area contributed by atoms with Gasteiger partial charge >= 0.3 is 6.03 Å². The molecule has 0 saturated heterocycles. The molecule has 0 aliphatic heterocycles. The molecule has 0 spiro atoms. The van der Waals surface area contributed by atoms with E-state index >= 15 is 0 Å². The molecule has 0 aliphatic carbocycles. The van der Waals surface area contributed by atoms with Gasteiger partial charge in [0.15, 0.2) is 11.6 Å². The van der Waals surface area contributed by atoms with Crippen LogP contribution in [0.3, 0.4) is 0 Å². The van der Waals surface area contributed by atoms with Crippen LogP contribution in [0.15, 0.2) is 66.9 Å². The number of carbonyl (C=O) groups excluding carboxylic acids is 1. The van der Waals surface area contributed by atoms with Crippen molar-refractivity contribution >= 4 is 28.4 Å². The third kappa shape index (κ3) is 5.76. The van der Waals surface area contributed by atoms with Crippen LogP contribution in [0.1, 0.15) is 5.69 Å². The van der Waals surface area contributed by atoms with Crippen LogP contribution in [0, 0.1) is 5.82 Å². The Kier molecular flexibility index (Phi) is 6.84. The number of ether oxygens (including phenoxy) is 2. The summed E-state index contributed by atoms with van der Waals surface area (Å²) in [6, 6.07) is 15.8. The normalized spacial score (nSPS) is 10.9. The van der Waals surface area contributed by atoms with E-state index in [2.05, 4.69) is 20.6 Å². The number of anilines is 2. The fourth-order valence-corrected chi connectivity index (χ4v) is 3.25. The number of carbonyl (C=O) groups is 1. The zero-order valence-electron chi connectivity index (χ0n) is 19.0. The summed E-state index contributed by atoms with van der Waals surface area (Å²) < 4.78 is 25.5. The average molecular weight is 461 g/mol. The number of nitrogens with zero attached hydrogens (tertiary/aromatic N) is 3. The minimum absolute atomic E-state index is 0.0258. The van der Waals surface area contributed by atoms with Crippen molar-refractivity contribution in [2.24, 2.45) is 0 Å². The van der Waals surface area contributed by atoms with Crippen LogP contribution < -0.4 is 20.1 Å². The summed E-state index contributed by atoms with van der Waals surface area (Å²) in [6.45, 7) is 0.656. The summed E-state index contributed by atoms with van der Waals surface area (Å²) in [5, 5.41) is 5.27. The van der Waals surface area contributed by atoms with Gasteiger partial charge in [-0.05, 0) is 62.6 Å². The van der Waals surface area contributed by atoms with Gasteiger partial charge in [0.25, 0.3) is 0 Å². The second-order valence-electron chi connectivity index (χ2n) is 7.80. The Hall–Kier alpha value is -4.24. The van der Waals surface area contributed by atoms with Crippen molar-refractivity contribution in [3.8, 4) is 17.2 Å². The lowest BCUT2D eigenvalue weighted by molar-refractivity contribution is 0.262. The first-order valence-corrected chi connectivity index (χ1v) is 10.5. The quantitative estimate of drug-likeness (QED) is 0.390. The highest BCUT2D eigenvalue weighted by atomic mass is 19.1. The van der Waals surface area contributed by atoms with Crippen LogP contribution >= 0.6 is 0 Å². The van der Waals surface area contributed by atoms with Crippen molar-refractivity contribution in [1.82, 2.24) is 14.9 Å². The minimum Gasteiger partial charge on any atom is -0.497 e. The van der Waals surface area contributed by atoms with Crippen molar-refractivity contribution < 1.29 is 18.7 Å². The number of nitrogens with one attached hydrogen (secondary N) is 2. The first-order chi connectivity index (χ1) is 16.4. The van der Waals surface area contributed by atoms with Gasteiger partial charge in [0, 0.05) is 30.1 Å². The van der Waals surface area contributed by atoms with Crippen LogP contribution in [0.5, 0.6) is 17.2 Å². The van der Waals surface area contributed by atoms with Gasteiger partial charge in [0.05, 0.1) is 30.0 Å². The monoisotopic (exact) mass is 461 g/mol. The van der Waals surface area contributed by atoms with Crippen LogP contribution in [-0.4, -0.2) is 42.1 Å². The lowest BCUT2D eigenvalue weighted by atomic mass is 10.2. The zero-order chi connectivity index (χ0) is 24.1. The summed E-state index contributed by atoms with van der Waals surface area (Å²) in [7, 11) is 5.47. The second kappa shape index (κ2) is 10.1. The molecule has 0 saturated carbocycles. The maximum atomic E-state index is 14.7. The van der Waals surface area contributed by atoms with Crippen LogP contribution in [-0.2, 0) is 6.54 Å². The molecule has 2 amide bonds. The van der Waals surface area contributed by atoms with E-state index in [4.69, 9.17) is 9.47 Å². The summed E-state index contributed by atoms with van der Waals surface area (Å²) >= 11 is 0. The van der Waals surface area contributed by atoms with Crippen LogP contribution in [0.25, 0.3) is 11.0 Å². The Balaban J connectivity index is 1.43. The SMILES string of the molecule is COc1ccc(NC(=O)Nc2ccc(Oc3ccc4ncc(CN(C)C)nc4c3)c(F)c2)cc1. The number of fused-ring (bicyclic) bond motifs is 1. The summed E-state index contributed by atoms with van der Waals surface area (Å²) in [5.74, 6) is 0.518. The molecule has 34 heavy (non-hydrogen) atoms. The number of aromatic nitrogens is 2. The number of rotatable bonds is 7. The molecule has 9 heteroatoms. The molecular formula is C25H24FN5O3. The third-order valence-corrected chi connectivity index (χ3v) is 4.81. The topological polar surface area (TPSA) is 88.6 Å². The number of halogens is 1. The van der Waals surface area contributed by atoms with Gasteiger partial charge in [0.2, 0.25) is 0 Å². The first kappa shape index (κ1) is 22.9. The van der Waals surface area contributed by atoms with E-state index in [1.54, 1.807) is 61.8 Å². The number of amides is 2. The molecule has 4 rings (SSSR count). The van der Waals surface area contributed by atoms with Crippen LogP contribution in [0.2, 0.25) is 0 Å². The smallest absolute Gasteiger partial charge is 0.323 e. The molecule has 0 bridgehead atoms. The van der Waals surface area contributed by atoms with E-state index in [9.17, 15) is 9.18 Å². The van der Waals surface area contributed by atoms with E-state index in [1.807, 2.05) is 19.0 Å². The predicted octanol–water partition coefficient (Wildman–Crippen LogP) is 5.28. The van der Waals surface area contributed by atoms with Gasteiger partial charge in [-0.3, -0.25) is 4.98 Å². The molecule has 0 unspecified atom stereocenters. The van der Waals surface area contributed by atoms with Gasteiger partial charge < -0.3 is 25.0 Å². The molecule has 0 aliphatic rings. The average Bonchev–Trinajstić information content (AvgIpc) is 2.80. The van der Waals surface area contributed by atoms with Gasteiger partial charge in [-0.1, -0.05) is 0 Å². The number of methoxy groups -OCH3 is 1. The third-order valence-electron chi connectivity index (χ3n) is 4.81. The number of hydrogen-bond acceptors (Lipinski definition) is 6. The first-order valence-electron chi connectivity index (χ1n) is 10.5. The lowest BCUT2D eigenvalue weighted by Gasteiger charge is -2.11. The van der Waals surface area contributed by atoms with E-state index in [-0.39, 0.29) is 11.4 Å². The standard InChI is InChI=1S/C25H24FN5O3/c1-31(2)15-18-14-27-22-10-9-20(13-23(22)28-18)34-24-11-6-17(12-21(24)26)30-25(32)29-16-4-7-19(33-3)8-5-16/h4-14H,15H2,1-3H3,(H2,29,30,32). The largest absolute Gasteiger partial charge is 0.497 e. The molecule has 0 fully saturated rings. The maximum absolute atomic E-state index is 14.7. The minimum atomic E-state index is -0.616. The van der Waals surface area contributed by atoms with Gasteiger partial charge in [-0.25, -0.2) is 14.2 Å². The van der Waals surface area contributed by atoms with Crippen molar-refractivity contribution in [2.75, 3.05) is 31.8 Å². The molecule has 174 valence electrons. The summed E-state index contributed by atoms with van der Waals surface area (Å²) in [4.78, 5) is 23.2. The van der Waals surface area contributed by atoms with Crippen molar-refractivity contribution in [3.63, 3.8) is 0 Å². The van der Waals surface area contributed by atoms with Gasteiger partial charge in [0.1, 0.15) is 11.5 Å². The van der Waals surface area contributed by atoms with Crippen molar-refractivity contribution in [3.05, 3.63) is 78.4 Å². The fourth-order valence-electron chi connectivity index (χ4n) is 3.25. The van der Waals surface area contributed by atoms with Crippen molar-refractivity contribution in [2.45, 2.75) is 6.54 Å². The molecule has 0 radical (unpaired) electrons. The van der Waals surface area contributed by atoms with E-state index in [1.165, 1.54) is 12.1 Å². The Morgan fingerprint density at radius 3 is 2.35 bits per heavy atom. The highest BCUT2D eigenvalue weighted by Gasteiger charge is 2.10. The summed E-state index contributed by atoms with van der Waals surface area (Å²) in [5.41, 5.74) is 3.06. The van der Waals surface area contributed by atoms with E-state index in [0.29, 0.717) is 29.2 Å². The van der Waals surface area contributed by atoms with E-state index < -0.39 is 11.8 Å². The number of benzene rings is 3. The Labute approximate surface area is 196 Å². The lowest BCUT2D eigenvalue weighted by Crippen LogP contribution is -2.19. The number of hydrogen-bond donors (Lipinski definition) is 2. The van der Waals surface area contributed by atoms with Gasteiger partial charge in [-0.2, -0.15) is 0 Å². The summed E-state index contributed by atoms with van der Waals surface area (Å²) in [6.07, 6.45) is 1.74. The molecule has 2 N–H and O–H groups in total. The molecule has 0 atom stereocenters. The maximum Gasteiger partial charge on any atom is 0.323 e. The molecular weight excluding hydrogens is 437 g/mol. The fraction of sp³-hybridized carbons (Fsp3) is 0.160. The number of urea groups is 1. The molecule has 4 aromatic rings. The molecule has 8 nitrogen and oxygen atoms in total.